The van der Waals surface area contributed by atoms with Crippen LogP contribution in [0.3, 0.4) is 0 Å². The highest BCUT2D eigenvalue weighted by molar-refractivity contribution is 7.16. The Hall–Kier alpha value is -1.93. The summed E-state index contributed by atoms with van der Waals surface area (Å²) in [7, 11) is 0. The van der Waals surface area contributed by atoms with Gasteiger partial charge in [-0.15, -0.1) is 22.7 Å². The zero-order valence-corrected chi connectivity index (χ0v) is 18.4. The molecule has 1 aliphatic rings. The number of hydrogen-bond acceptors (Lipinski definition) is 6. The van der Waals surface area contributed by atoms with Crippen LogP contribution in [0.4, 0.5) is 4.79 Å². The summed E-state index contributed by atoms with van der Waals surface area (Å²) >= 11 is 3.30. The van der Waals surface area contributed by atoms with E-state index in [0.29, 0.717) is 32.5 Å². The van der Waals surface area contributed by atoms with E-state index in [0.717, 1.165) is 20.5 Å². The molecule has 0 aliphatic carbocycles. The molecule has 0 unspecified atom stereocenters. The molecule has 2 aromatic heterocycles. The minimum absolute atomic E-state index is 0.0562. The Morgan fingerprint density at radius 3 is 2.61 bits per heavy atom. The molecule has 0 saturated carbocycles. The second-order valence-corrected chi connectivity index (χ2v) is 10.2. The molecule has 1 N–H and O–H groups in total. The lowest BCUT2D eigenvalue weighted by atomic mass is 9.96. The lowest BCUT2D eigenvalue weighted by Crippen LogP contribution is -2.44. The summed E-state index contributed by atoms with van der Waals surface area (Å²) in [6, 6.07) is 4.10. The molecule has 3 heterocycles. The number of thiazole rings is 1. The van der Waals surface area contributed by atoms with E-state index in [1.165, 1.54) is 0 Å². The lowest BCUT2D eigenvalue weighted by Gasteiger charge is -2.32. The van der Waals surface area contributed by atoms with Gasteiger partial charge < -0.3 is 15.0 Å². The van der Waals surface area contributed by atoms with Crippen LogP contribution in [0.5, 0.6) is 0 Å². The van der Waals surface area contributed by atoms with Crippen LogP contribution >= 0.6 is 22.7 Å². The van der Waals surface area contributed by atoms with Crippen molar-refractivity contribution in [2.24, 2.45) is 5.92 Å². The van der Waals surface area contributed by atoms with Crippen molar-refractivity contribution in [3.63, 3.8) is 0 Å². The fraction of sp³-hybridized carbons (Fsp3) is 0.550. The van der Waals surface area contributed by atoms with Gasteiger partial charge in [0.15, 0.2) is 0 Å². The molecule has 0 bridgehead atoms. The van der Waals surface area contributed by atoms with Crippen molar-refractivity contribution in [3.8, 4) is 10.6 Å². The van der Waals surface area contributed by atoms with E-state index in [9.17, 15) is 9.59 Å². The Bertz CT molecular complexity index is 830. The molecular weight excluding hydrogens is 394 g/mol. The third-order valence-corrected chi connectivity index (χ3v) is 6.37. The van der Waals surface area contributed by atoms with Gasteiger partial charge in [-0.1, -0.05) is 0 Å². The van der Waals surface area contributed by atoms with Gasteiger partial charge in [0.2, 0.25) is 5.91 Å². The molecule has 0 radical (unpaired) electrons. The molecule has 2 aromatic rings. The van der Waals surface area contributed by atoms with Crippen LogP contribution in [-0.4, -0.2) is 40.6 Å². The second-order valence-electron chi connectivity index (χ2n) is 7.98. The SMILES string of the molecule is Cc1nc(-c2ccc(CNC(=O)C3CCN(C(=O)OC(C)(C)C)CC3)s2)cs1. The number of nitrogens with zero attached hydrogens (tertiary/aromatic N) is 2. The molecule has 1 aliphatic heterocycles. The Labute approximate surface area is 173 Å². The molecule has 1 saturated heterocycles. The zero-order chi connectivity index (χ0) is 20.3. The van der Waals surface area contributed by atoms with Crippen molar-refractivity contribution in [1.82, 2.24) is 15.2 Å². The van der Waals surface area contributed by atoms with Crippen LogP contribution in [0.25, 0.3) is 10.6 Å². The summed E-state index contributed by atoms with van der Waals surface area (Å²) in [6.45, 7) is 9.21. The van der Waals surface area contributed by atoms with Crippen molar-refractivity contribution in [2.75, 3.05) is 13.1 Å². The number of piperidine rings is 1. The van der Waals surface area contributed by atoms with E-state index < -0.39 is 5.60 Å². The van der Waals surface area contributed by atoms with Gasteiger partial charge in [0.1, 0.15) is 5.60 Å². The van der Waals surface area contributed by atoms with Crippen LogP contribution in [-0.2, 0) is 16.1 Å². The van der Waals surface area contributed by atoms with Crippen molar-refractivity contribution < 1.29 is 14.3 Å². The number of thiophene rings is 1. The standard InChI is InChI=1S/C20H27N3O3S2/c1-13-22-16(12-27-13)17-6-5-15(28-17)11-21-18(24)14-7-9-23(10-8-14)19(25)26-20(2,3)4/h5-6,12,14H,7-11H2,1-4H3,(H,21,24). The fourth-order valence-corrected chi connectivity index (χ4v) is 4.65. The summed E-state index contributed by atoms with van der Waals surface area (Å²) in [6.07, 6.45) is 1.03. The summed E-state index contributed by atoms with van der Waals surface area (Å²) in [4.78, 5) is 33.1. The van der Waals surface area contributed by atoms with Crippen molar-refractivity contribution in [1.29, 1.82) is 0 Å². The zero-order valence-electron chi connectivity index (χ0n) is 16.8. The van der Waals surface area contributed by atoms with Gasteiger partial charge in [0, 0.05) is 29.3 Å². The molecule has 152 valence electrons. The Kier molecular flexibility index (Phi) is 6.40. The van der Waals surface area contributed by atoms with Crippen LogP contribution < -0.4 is 5.32 Å². The number of carbonyl (C=O) groups is 2. The van der Waals surface area contributed by atoms with Crippen LogP contribution in [0.1, 0.15) is 43.5 Å². The molecular formula is C20H27N3O3S2. The monoisotopic (exact) mass is 421 g/mol. The molecule has 0 spiro atoms. The van der Waals surface area contributed by atoms with Crippen LogP contribution in [0, 0.1) is 12.8 Å². The van der Waals surface area contributed by atoms with Gasteiger partial charge in [0.05, 0.1) is 22.1 Å². The number of nitrogens with one attached hydrogen (secondary N) is 1. The quantitative estimate of drug-likeness (QED) is 0.792. The van der Waals surface area contributed by atoms with Gasteiger partial charge in [-0.3, -0.25) is 4.79 Å². The number of aromatic nitrogens is 1. The number of likely N-dealkylation sites (tertiary alicyclic amines) is 1. The largest absolute Gasteiger partial charge is 0.444 e. The smallest absolute Gasteiger partial charge is 0.410 e. The van der Waals surface area contributed by atoms with E-state index in [2.05, 4.69) is 21.7 Å². The summed E-state index contributed by atoms with van der Waals surface area (Å²) in [5.41, 5.74) is 0.502. The highest BCUT2D eigenvalue weighted by Gasteiger charge is 2.29. The molecule has 28 heavy (non-hydrogen) atoms. The first-order chi connectivity index (χ1) is 13.2. The number of hydrogen-bond donors (Lipinski definition) is 1. The van der Waals surface area contributed by atoms with Crippen molar-refractivity contribution in [2.45, 2.75) is 52.7 Å². The normalized spacial score (nSPS) is 15.5. The maximum Gasteiger partial charge on any atom is 0.410 e. The van der Waals surface area contributed by atoms with E-state index >= 15 is 0 Å². The number of rotatable bonds is 4. The first kappa shape index (κ1) is 20.8. The average molecular weight is 422 g/mol. The number of ether oxygens (including phenoxy) is 1. The summed E-state index contributed by atoms with van der Waals surface area (Å²) < 4.78 is 5.40. The third-order valence-electron chi connectivity index (χ3n) is 4.49. The summed E-state index contributed by atoms with van der Waals surface area (Å²) in [5, 5.41) is 6.15. The molecule has 3 rings (SSSR count). The molecule has 8 heteroatoms. The Balaban J connectivity index is 1.45. The lowest BCUT2D eigenvalue weighted by molar-refractivity contribution is -0.126. The fourth-order valence-electron chi connectivity index (χ4n) is 3.06. The summed E-state index contributed by atoms with van der Waals surface area (Å²) in [5.74, 6) is 0.00241. The molecule has 6 nitrogen and oxygen atoms in total. The molecule has 1 fully saturated rings. The topological polar surface area (TPSA) is 71.5 Å². The van der Waals surface area contributed by atoms with E-state index in [1.54, 1.807) is 27.6 Å². The van der Waals surface area contributed by atoms with Gasteiger partial charge in [0.25, 0.3) is 0 Å². The molecule has 2 amide bonds. The highest BCUT2D eigenvalue weighted by Crippen LogP contribution is 2.29. The highest BCUT2D eigenvalue weighted by atomic mass is 32.1. The third kappa shape index (κ3) is 5.54. The van der Waals surface area contributed by atoms with Crippen LogP contribution in [0.2, 0.25) is 0 Å². The average Bonchev–Trinajstić information content (AvgIpc) is 3.27. The molecule has 0 atom stereocenters. The van der Waals surface area contributed by atoms with E-state index in [1.807, 2.05) is 33.8 Å². The van der Waals surface area contributed by atoms with Gasteiger partial charge >= 0.3 is 6.09 Å². The van der Waals surface area contributed by atoms with Gasteiger partial charge in [-0.05, 0) is 52.7 Å². The first-order valence-electron chi connectivity index (χ1n) is 9.48. The van der Waals surface area contributed by atoms with E-state index in [4.69, 9.17) is 4.74 Å². The maximum absolute atomic E-state index is 12.5. The Morgan fingerprint density at radius 2 is 2.00 bits per heavy atom. The minimum Gasteiger partial charge on any atom is -0.444 e. The second kappa shape index (κ2) is 8.61. The van der Waals surface area contributed by atoms with E-state index in [-0.39, 0.29) is 17.9 Å². The first-order valence-corrected chi connectivity index (χ1v) is 11.2. The van der Waals surface area contributed by atoms with Crippen molar-refractivity contribution in [3.05, 3.63) is 27.4 Å². The van der Waals surface area contributed by atoms with Gasteiger partial charge in [-0.2, -0.15) is 0 Å². The predicted octanol–water partition coefficient (Wildman–Crippen LogP) is 4.44. The Morgan fingerprint density at radius 1 is 1.29 bits per heavy atom. The number of amides is 2. The maximum atomic E-state index is 12.5. The number of aryl methyl sites for hydroxylation is 1. The molecule has 0 aromatic carbocycles. The van der Waals surface area contributed by atoms with Crippen LogP contribution in [0.15, 0.2) is 17.5 Å². The predicted molar refractivity (Wildman–Crippen MR) is 113 cm³/mol. The number of carbonyl (C=O) groups excluding carboxylic acids is 2. The van der Waals surface area contributed by atoms with Gasteiger partial charge in [-0.25, -0.2) is 9.78 Å². The van der Waals surface area contributed by atoms with Crippen molar-refractivity contribution >= 4 is 34.7 Å². The minimum atomic E-state index is -0.498.